The number of rotatable bonds is 7. The molecule has 0 radical (unpaired) electrons. The molecule has 0 amide bonds. The molecule has 0 saturated carbocycles. The molecule has 0 aliphatic rings. The van der Waals surface area contributed by atoms with Gasteiger partial charge < -0.3 is 18.9 Å². The van der Waals surface area contributed by atoms with E-state index in [4.69, 9.17) is 37.4 Å². The number of esters is 2. The summed E-state index contributed by atoms with van der Waals surface area (Å²) in [5, 5.41) is 4.54. The van der Waals surface area contributed by atoms with Crippen LogP contribution in [0.5, 0.6) is 17.4 Å². The zero-order valence-electron chi connectivity index (χ0n) is 16.0. The Kier molecular flexibility index (Phi) is 7.15. The van der Waals surface area contributed by atoms with Crippen molar-refractivity contribution in [3.63, 3.8) is 0 Å². The van der Waals surface area contributed by atoms with Gasteiger partial charge in [0.2, 0.25) is 5.88 Å². The molecule has 0 spiro atoms. The van der Waals surface area contributed by atoms with Crippen LogP contribution in [0.1, 0.15) is 29.9 Å². The third-order valence-electron chi connectivity index (χ3n) is 3.72. The SMILES string of the molecule is CCOC(=O)c1nn(C)c(Oc2cc(O[C@@H](C)C(=O)OC)c(Cl)cc2Cl)c1C. The Morgan fingerprint density at radius 2 is 1.86 bits per heavy atom. The summed E-state index contributed by atoms with van der Waals surface area (Å²) in [4.78, 5) is 23.6. The Labute approximate surface area is 172 Å². The molecule has 1 atom stereocenters. The number of halogens is 2. The first-order valence-corrected chi connectivity index (χ1v) is 9.07. The summed E-state index contributed by atoms with van der Waals surface area (Å²) in [5.41, 5.74) is 0.623. The number of hydrogen-bond donors (Lipinski definition) is 0. The normalized spacial score (nSPS) is 11.7. The Morgan fingerprint density at radius 1 is 1.21 bits per heavy atom. The standard InChI is InChI=1S/C18H20Cl2N2O6/c1-6-26-18(24)15-9(2)16(22(4)21-15)28-14-8-13(11(19)7-12(14)20)27-10(3)17(23)25-5/h7-8,10H,6H2,1-5H3/t10-/m0/s1. The van der Waals surface area contributed by atoms with E-state index in [9.17, 15) is 9.59 Å². The van der Waals surface area contributed by atoms with Crippen LogP contribution < -0.4 is 9.47 Å². The highest BCUT2D eigenvalue weighted by Crippen LogP contribution is 2.39. The summed E-state index contributed by atoms with van der Waals surface area (Å²) in [6.07, 6.45) is -0.884. The first-order valence-electron chi connectivity index (χ1n) is 8.31. The van der Waals surface area contributed by atoms with E-state index in [0.717, 1.165) is 0 Å². The van der Waals surface area contributed by atoms with Gasteiger partial charge in [0.15, 0.2) is 17.5 Å². The monoisotopic (exact) mass is 430 g/mol. The highest BCUT2D eigenvalue weighted by Gasteiger charge is 2.23. The van der Waals surface area contributed by atoms with Gasteiger partial charge in [0.25, 0.3) is 0 Å². The minimum Gasteiger partial charge on any atom is -0.477 e. The molecule has 0 unspecified atom stereocenters. The van der Waals surface area contributed by atoms with Crippen molar-refractivity contribution in [2.45, 2.75) is 26.9 Å². The van der Waals surface area contributed by atoms with Gasteiger partial charge >= 0.3 is 11.9 Å². The number of hydrogen-bond acceptors (Lipinski definition) is 7. The lowest BCUT2D eigenvalue weighted by Crippen LogP contribution is -2.25. The highest BCUT2D eigenvalue weighted by atomic mass is 35.5. The fraction of sp³-hybridized carbons (Fsp3) is 0.389. The summed E-state index contributed by atoms with van der Waals surface area (Å²) in [6.45, 7) is 5.13. The minimum atomic E-state index is -0.884. The smallest absolute Gasteiger partial charge is 0.359 e. The fourth-order valence-electron chi connectivity index (χ4n) is 2.34. The van der Waals surface area contributed by atoms with Gasteiger partial charge in [0, 0.05) is 18.7 Å². The van der Waals surface area contributed by atoms with Crippen molar-refractivity contribution in [2.75, 3.05) is 13.7 Å². The Balaban J connectivity index is 2.35. The van der Waals surface area contributed by atoms with Crippen LogP contribution >= 0.6 is 23.2 Å². The van der Waals surface area contributed by atoms with Gasteiger partial charge in [-0.25, -0.2) is 14.3 Å². The largest absolute Gasteiger partial charge is 0.477 e. The second kappa shape index (κ2) is 9.16. The molecule has 2 aromatic rings. The van der Waals surface area contributed by atoms with E-state index in [1.54, 1.807) is 20.9 Å². The number of ether oxygens (including phenoxy) is 4. The molecule has 0 aliphatic carbocycles. The molecule has 1 aromatic carbocycles. The van der Waals surface area contributed by atoms with Crippen molar-refractivity contribution in [1.82, 2.24) is 9.78 Å². The Bertz CT molecular complexity index is 897. The number of carbonyl (C=O) groups is 2. The Morgan fingerprint density at radius 3 is 2.46 bits per heavy atom. The van der Waals surface area contributed by atoms with Gasteiger partial charge in [-0.2, -0.15) is 5.10 Å². The topological polar surface area (TPSA) is 88.9 Å². The zero-order chi connectivity index (χ0) is 21.0. The van der Waals surface area contributed by atoms with E-state index in [2.05, 4.69) is 9.84 Å². The summed E-state index contributed by atoms with van der Waals surface area (Å²) in [7, 11) is 2.87. The minimum absolute atomic E-state index is 0.139. The fourth-order valence-corrected chi connectivity index (χ4v) is 2.80. The summed E-state index contributed by atoms with van der Waals surface area (Å²) in [5.74, 6) is -0.429. The van der Waals surface area contributed by atoms with Gasteiger partial charge in [-0.05, 0) is 26.8 Å². The number of aromatic nitrogens is 2. The lowest BCUT2D eigenvalue weighted by molar-refractivity contribution is -0.147. The van der Waals surface area contributed by atoms with Crippen LogP contribution in [0.25, 0.3) is 0 Å². The molecule has 0 bridgehead atoms. The summed E-state index contributed by atoms with van der Waals surface area (Å²) >= 11 is 12.4. The first kappa shape index (κ1) is 21.8. The van der Waals surface area contributed by atoms with Gasteiger partial charge in [0.05, 0.1) is 23.8 Å². The highest BCUT2D eigenvalue weighted by molar-refractivity contribution is 6.36. The molecule has 152 valence electrons. The molecular weight excluding hydrogens is 411 g/mol. The molecular formula is C18H20Cl2N2O6. The van der Waals surface area contributed by atoms with Crippen molar-refractivity contribution >= 4 is 35.1 Å². The van der Waals surface area contributed by atoms with E-state index in [1.165, 1.54) is 30.8 Å². The maximum Gasteiger partial charge on any atom is 0.359 e. The lowest BCUT2D eigenvalue weighted by Gasteiger charge is -2.16. The number of nitrogens with zero attached hydrogens (tertiary/aromatic N) is 2. The van der Waals surface area contributed by atoms with Gasteiger partial charge in [-0.3, -0.25) is 0 Å². The average Bonchev–Trinajstić information content (AvgIpc) is 2.93. The van der Waals surface area contributed by atoms with Gasteiger partial charge in [-0.1, -0.05) is 23.2 Å². The number of carbonyl (C=O) groups excluding carboxylic acids is 2. The summed E-state index contributed by atoms with van der Waals surface area (Å²) in [6, 6.07) is 2.87. The van der Waals surface area contributed by atoms with E-state index < -0.39 is 18.0 Å². The quantitative estimate of drug-likeness (QED) is 0.614. The lowest BCUT2D eigenvalue weighted by atomic mass is 10.2. The van der Waals surface area contributed by atoms with Gasteiger partial charge in [-0.15, -0.1) is 0 Å². The number of benzene rings is 1. The van der Waals surface area contributed by atoms with Crippen molar-refractivity contribution in [3.8, 4) is 17.4 Å². The third kappa shape index (κ3) is 4.69. The molecule has 8 nitrogen and oxygen atoms in total. The van der Waals surface area contributed by atoms with Crippen molar-refractivity contribution in [2.24, 2.45) is 7.05 Å². The summed E-state index contributed by atoms with van der Waals surface area (Å²) < 4.78 is 22.4. The molecule has 0 saturated heterocycles. The van der Waals surface area contributed by atoms with E-state index in [0.29, 0.717) is 11.4 Å². The Hall–Kier alpha value is -2.45. The molecule has 0 aliphatic heterocycles. The van der Waals surface area contributed by atoms with Crippen LogP contribution in [0.4, 0.5) is 0 Å². The maximum atomic E-state index is 12.0. The van der Waals surface area contributed by atoms with Crippen LogP contribution in [0.2, 0.25) is 10.0 Å². The van der Waals surface area contributed by atoms with E-state index in [1.807, 2.05) is 0 Å². The van der Waals surface area contributed by atoms with Gasteiger partial charge in [0.1, 0.15) is 5.75 Å². The first-order chi connectivity index (χ1) is 13.2. The zero-order valence-corrected chi connectivity index (χ0v) is 17.6. The van der Waals surface area contributed by atoms with Crippen LogP contribution in [0.3, 0.4) is 0 Å². The average molecular weight is 431 g/mol. The second-order valence-corrected chi connectivity index (χ2v) is 6.54. The number of methoxy groups -OCH3 is 1. The molecule has 0 fully saturated rings. The van der Waals surface area contributed by atoms with Crippen LogP contribution in [0, 0.1) is 6.92 Å². The molecule has 2 rings (SSSR count). The predicted molar refractivity (Wildman–Crippen MR) is 103 cm³/mol. The van der Waals surface area contributed by atoms with Crippen molar-refractivity contribution in [3.05, 3.63) is 33.4 Å². The third-order valence-corrected chi connectivity index (χ3v) is 4.31. The molecule has 10 heteroatoms. The van der Waals surface area contributed by atoms with Crippen LogP contribution in [-0.4, -0.2) is 41.5 Å². The molecule has 1 heterocycles. The molecule has 28 heavy (non-hydrogen) atoms. The van der Waals surface area contributed by atoms with Crippen molar-refractivity contribution < 1.29 is 28.5 Å². The van der Waals surface area contributed by atoms with Crippen LogP contribution in [0.15, 0.2) is 12.1 Å². The number of aryl methyl sites for hydroxylation is 1. The maximum absolute atomic E-state index is 12.0. The molecule has 0 N–H and O–H groups in total. The van der Waals surface area contributed by atoms with Crippen molar-refractivity contribution in [1.29, 1.82) is 0 Å². The van der Waals surface area contributed by atoms with E-state index in [-0.39, 0.29) is 33.8 Å². The molecule has 1 aromatic heterocycles. The van der Waals surface area contributed by atoms with Crippen LogP contribution in [-0.2, 0) is 21.3 Å². The predicted octanol–water partition coefficient (Wildman–Crippen LogP) is 3.94. The second-order valence-electron chi connectivity index (χ2n) is 5.72. The van der Waals surface area contributed by atoms with E-state index >= 15 is 0 Å².